The van der Waals surface area contributed by atoms with E-state index in [9.17, 15) is 14.4 Å². The molecule has 0 aliphatic carbocycles. The number of hydrogen-bond acceptors (Lipinski definition) is 5. The van der Waals surface area contributed by atoms with E-state index >= 15 is 0 Å². The van der Waals surface area contributed by atoms with Crippen molar-refractivity contribution in [3.63, 3.8) is 0 Å². The van der Waals surface area contributed by atoms with Gasteiger partial charge in [0.15, 0.2) is 0 Å². The molecule has 1 fully saturated rings. The molecule has 1 saturated heterocycles. The lowest BCUT2D eigenvalue weighted by molar-refractivity contribution is -0.138. The van der Waals surface area contributed by atoms with Crippen molar-refractivity contribution in [2.45, 2.75) is 25.3 Å². The molecule has 140 valence electrons. The number of carboxylic acid groups (broad SMARTS) is 1. The van der Waals surface area contributed by atoms with Gasteiger partial charge in [-0.3, -0.25) is 24.2 Å². The Hall–Kier alpha value is -2.25. The second kappa shape index (κ2) is 7.97. The van der Waals surface area contributed by atoms with E-state index in [0.29, 0.717) is 23.7 Å². The number of carboxylic acids is 1. The standard InChI is InChI=1S/C19H25N3O4/c1-20(13-17(23)24)14-7-11-21(12-8-14)9-4-10-22-18(25)15-5-2-3-6-16(15)19(22)26/h2-3,5-6,14H,4,7-13H2,1H3,(H,23,24). The van der Waals surface area contributed by atoms with E-state index in [1.165, 1.54) is 4.90 Å². The van der Waals surface area contributed by atoms with Gasteiger partial charge in [-0.15, -0.1) is 0 Å². The number of rotatable bonds is 7. The molecule has 0 radical (unpaired) electrons. The van der Waals surface area contributed by atoms with Gasteiger partial charge in [-0.2, -0.15) is 0 Å². The van der Waals surface area contributed by atoms with Crippen LogP contribution in [-0.2, 0) is 4.79 Å². The highest BCUT2D eigenvalue weighted by atomic mass is 16.4. The first-order valence-corrected chi connectivity index (χ1v) is 9.07. The first-order valence-electron chi connectivity index (χ1n) is 9.07. The zero-order valence-corrected chi connectivity index (χ0v) is 15.1. The van der Waals surface area contributed by atoms with Crippen molar-refractivity contribution >= 4 is 17.8 Å². The van der Waals surface area contributed by atoms with Gasteiger partial charge in [0.1, 0.15) is 0 Å². The number of carbonyl (C=O) groups excluding carboxylic acids is 2. The number of imide groups is 1. The number of amides is 2. The molecule has 0 spiro atoms. The fraction of sp³-hybridized carbons (Fsp3) is 0.526. The smallest absolute Gasteiger partial charge is 0.317 e. The molecule has 1 N–H and O–H groups in total. The summed E-state index contributed by atoms with van der Waals surface area (Å²) in [5.41, 5.74) is 1.000. The third kappa shape index (κ3) is 3.94. The minimum Gasteiger partial charge on any atom is -0.480 e. The van der Waals surface area contributed by atoms with E-state index < -0.39 is 5.97 Å². The van der Waals surface area contributed by atoms with E-state index in [4.69, 9.17) is 5.11 Å². The summed E-state index contributed by atoms with van der Waals surface area (Å²) in [4.78, 5) is 41.0. The molecule has 3 rings (SSSR count). The third-order valence-corrected chi connectivity index (χ3v) is 5.30. The van der Waals surface area contributed by atoms with Crippen LogP contribution in [0.5, 0.6) is 0 Å². The number of benzene rings is 1. The van der Waals surface area contributed by atoms with Crippen molar-refractivity contribution in [2.75, 3.05) is 39.8 Å². The van der Waals surface area contributed by atoms with Crippen molar-refractivity contribution in [2.24, 2.45) is 0 Å². The Labute approximate surface area is 153 Å². The fourth-order valence-corrected chi connectivity index (χ4v) is 3.82. The SMILES string of the molecule is CN(CC(=O)O)C1CCN(CCCN2C(=O)c3ccccc3C2=O)CC1. The summed E-state index contributed by atoms with van der Waals surface area (Å²) in [6.45, 7) is 3.17. The molecule has 26 heavy (non-hydrogen) atoms. The van der Waals surface area contributed by atoms with Gasteiger partial charge in [-0.25, -0.2) is 0 Å². The first kappa shape index (κ1) is 18.5. The molecule has 2 heterocycles. The average molecular weight is 359 g/mol. The molecule has 0 atom stereocenters. The summed E-state index contributed by atoms with van der Waals surface area (Å²) in [6, 6.07) is 7.26. The molecule has 7 heteroatoms. The van der Waals surface area contributed by atoms with Crippen LogP contribution in [0.1, 0.15) is 40.0 Å². The Morgan fingerprint density at radius 2 is 1.69 bits per heavy atom. The molecule has 0 saturated carbocycles. The van der Waals surface area contributed by atoms with Gasteiger partial charge in [-0.05, 0) is 58.1 Å². The minimum atomic E-state index is -0.795. The zero-order valence-electron chi connectivity index (χ0n) is 15.1. The number of hydrogen-bond donors (Lipinski definition) is 1. The van der Waals surface area contributed by atoms with Gasteiger partial charge in [0.05, 0.1) is 17.7 Å². The van der Waals surface area contributed by atoms with Crippen LogP contribution in [0.4, 0.5) is 0 Å². The Balaban J connectivity index is 1.42. The molecule has 2 amide bonds. The van der Waals surface area contributed by atoms with Crippen molar-refractivity contribution in [3.05, 3.63) is 35.4 Å². The summed E-state index contributed by atoms with van der Waals surface area (Å²) in [5, 5.41) is 8.88. The summed E-state index contributed by atoms with van der Waals surface area (Å²) in [6.07, 6.45) is 2.63. The molecule has 0 bridgehead atoms. The van der Waals surface area contributed by atoms with Crippen molar-refractivity contribution in [3.8, 4) is 0 Å². The van der Waals surface area contributed by atoms with Gasteiger partial charge < -0.3 is 10.0 Å². The van der Waals surface area contributed by atoms with E-state index in [1.54, 1.807) is 24.3 Å². The first-order chi connectivity index (χ1) is 12.5. The lowest BCUT2D eigenvalue weighted by Gasteiger charge is -2.36. The van der Waals surface area contributed by atoms with Gasteiger partial charge in [-0.1, -0.05) is 12.1 Å². The predicted molar refractivity (Wildman–Crippen MR) is 96.2 cm³/mol. The molecule has 1 aromatic rings. The maximum Gasteiger partial charge on any atom is 0.317 e. The molecule has 0 aromatic heterocycles. The third-order valence-electron chi connectivity index (χ3n) is 5.30. The van der Waals surface area contributed by atoms with Crippen molar-refractivity contribution in [1.82, 2.24) is 14.7 Å². The van der Waals surface area contributed by atoms with Crippen LogP contribution in [0.15, 0.2) is 24.3 Å². The molecule has 0 unspecified atom stereocenters. The number of fused-ring (bicyclic) bond motifs is 1. The number of likely N-dealkylation sites (N-methyl/N-ethyl adjacent to an activating group) is 1. The highest BCUT2D eigenvalue weighted by molar-refractivity contribution is 6.21. The van der Waals surface area contributed by atoms with Crippen molar-refractivity contribution in [1.29, 1.82) is 0 Å². The van der Waals surface area contributed by atoms with Gasteiger partial charge in [0.2, 0.25) is 0 Å². The summed E-state index contributed by atoms with van der Waals surface area (Å²) in [5.74, 6) is -1.19. The Kier molecular flexibility index (Phi) is 5.68. The lowest BCUT2D eigenvalue weighted by atomic mass is 10.0. The lowest BCUT2D eigenvalue weighted by Crippen LogP contribution is -2.45. The Bertz CT molecular complexity index is 663. The highest BCUT2D eigenvalue weighted by Crippen LogP contribution is 2.22. The number of piperidine rings is 1. The number of carbonyl (C=O) groups is 3. The van der Waals surface area contributed by atoms with Gasteiger partial charge in [0, 0.05) is 12.6 Å². The van der Waals surface area contributed by atoms with Gasteiger partial charge in [0.25, 0.3) is 11.8 Å². The summed E-state index contributed by atoms with van der Waals surface area (Å²) >= 11 is 0. The molecular formula is C19H25N3O4. The second-order valence-electron chi connectivity index (χ2n) is 7.04. The van der Waals surface area contributed by atoms with E-state index in [0.717, 1.165) is 38.9 Å². The maximum absolute atomic E-state index is 12.3. The minimum absolute atomic E-state index is 0.0738. The van der Waals surface area contributed by atoms with Crippen LogP contribution >= 0.6 is 0 Å². The number of likely N-dealkylation sites (tertiary alicyclic amines) is 1. The van der Waals surface area contributed by atoms with E-state index in [1.807, 2.05) is 11.9 Å². The van der Waals surface area contributed by atoms with Crippen molar-refractivity contribution < 1.29 is 19.5 Å². The molecule has 7 nitrogen and oxygen atoms in total. The van der Waals surface area contributed by atoms with Crippen LogP contribution in [0.25, 0.3) is 0 Å². The van der Waals surface area contributed by atoms with Crippen LogP contribution in [0.2, 0.25) is 0 Å². The maximum atomic E-state index is 12.3. The number of aliphatic carboxylic acids is 1. The Morgan fingerprint density at radius 3 is 2.23 bits per heavy atom. The Morgan fingerprint density at radius 1 is 1.12 bits per heavy atom. The normalized spacial score (nSPS) is 18.6. The number of nitrogens with zero attached hydrogens (tertiary/aromatic N) is 3. The predicted octanol–water partition coefficient (Wildman–Crippen LogP) is 1.15. The average Bonchev–Trinajstić information content (AvgIpc) is 2.87. The molecule has 2 aliphatic heterocycles. The molecule has 1 aromatic carbocycles. The van der Waals surface area contributed by atoms with Crippen LogP contribution in [-0.4, -0.2) is 83.4 Å². The van der Waals surface area contributed by atoms with E-state index in [2.05, 4.69) is 4.90 Å². The zero-order chi connectivity index (χ0) is 18.7. The molecular weight excluding hydrogens is 334 g/mol. The fourth-order valence-electron chi connectivity index (χ4n) is 3.82. The second-order valence-corrected chi connectivity index (χ2v) is 7.04. The van der Waals surface area contributed by atoms with E-state index in [-0.39, 0.29) is 18.4 Å². The van der Waals surface area contributed by atoms with Crippen LogP contribution in [0.3, 0.4) is 0 Å². The quantitative estimate of drug-likeness (QED) is 0.736. The topological polar surface area (TPSA) is 81.2 Å². The highest BCUT2D eigenvalue weighted by Gasteiger charge is 2.34. The largest absolute Gasteiger partial charge is 0.480 e. The molecule has 2 aliphatic rings. The van der Waals surface area contributed by atoms with Crippen LogP contribution in [0, 0.1) is 0 Å². The van der Waals surface area contributed by atoms with Crippen LogP contribution < -0.4 is 0 Å². The monoisotopic (exact) mass is 359 g/mol. The van der Waals surface area contributed by atoms with Gasteiger partial charge >= 0.3 is 5.97 Å². The summed E-state index contributed by atoms with van der Waals surface area (Å²) in [7, 11) is 1.86. The summed E-state index contributed by atoms with van der Waals surface area (Å²) < 4.78 is 0.